The van der Waals surface area contributed by atoms with Crippen LogP contribution >= 0.6 is 15.9 Å². The van der Waals surface area contributed by atoms with Gasteiger partial charge in [0.05, 0.1) is 5.54 Å². The van der Waals surface area contributed by atoms with Crippen LogP contribution < -0.4 is 5.32 Å². The lowest BCUT2D eigenvalue weighted by Gasteiger charge is -2.32. The van der Waals surface area contributed by atoms with E-state index in [0.717, 1.165) is 19.4 Å². The molecule has 0 aromatic heterocycles. The van der Waals surface area contributed by atoms with Gasteiger partial charge in [-0.05, 0) is 6.42 Å². The van der Waals surface area contributed by atoms with E-state index in [-0.39, 0.29) is 5.54 Å². The van der Waals surface area contributed by atoms with Gasteiger partial charge in [-0.15, -0.1) is 0 Å². The van der Waals surface area contributed by atoms with Crippen LogP contribution in [0.15, 0.2) is 0 Å². The topological polar surface area (TPSA) is 30.5 Å². The first-order chi connectivity index (χ1) is 5.71. The van der Waals surface area contributed by atoms with Crippen molar-refractivity contribution in [2.45, 2.75) is 29.0 Å². The SMILES string of the molecule is COC1(OC)CCNC12CC2Br. The fourth-order valence-electron chi connectivity index (χ4n) is 2.26. The van der Waals surface area contributed by atoms with Crippen LogP contribution in [-0.4, -0.2) is 36.9 Å². The predicted molar refractivity (Wildman–Crippen MR) is 49.4 cm³/mol. The van der Waals surface area contributed by atoms with E-state index in [9.17, 15) is 0 Å². The lowest BCUT2D eigenvalue weighted by atomic mass is 10.1. The van der Waals surface area contributed by atoms with Gasteiger partial charge in [-0.2, -0.15) is 0 Å². The summed E-state index contributed by atoms with van der Waals surface area (Å²) in [5, 5.41) is 3.45. The van der Waals surface area contributed by atoms with Crippen molar-refractivity contribution in [2.75, 3.05) is 20.8 Å². The van der Waals surface area contributed by atoms with E-state index in [0.29, 0.717) is 4.83 Å². The summed E-state index contributed by atoms with van der Waals surface area (Å²) >= 11 is 3.60. The summed E-state index contributed by atoms with van der Waals surface area (Å²) in [5.41, 5.74) is 0.0382. The largest absolute Gasteiger partial charge is 0.351 e. The van der Waals surface area contributed by atoms with Crippen molar-refractivity contribution in [1.29, 1.82) is 0 Å². The molecule has 3 nitrogen and oxygen atoms in total. The molecular weight excluding hydrogens is 222 g/mol. The Balaban J connectivity index is 2.23. The second-order valence-corrected chi connectivity index (χ2v) is 4.59. The smallest absolute Gasteiger partial charge is 0.188 e. The third-order valence-corrected chi connectivity index (χ3v) is 4.21. The highest BCUT2D eigenvalue weighted by molar-refractivity contribution is 9.09. The quantitative estimate of drug-likeness (QED) is 0.570. The molecule has 4 heteroatoms. The Morgan fingerprint density at radius 3 is 2.33 bits per heavy atom. The first-order valence-electron chi connectivity index (χ1n) is 4.20. The number of rotatable bonds is 2. The summed E-state index contributed by atoms with van der Waals surface area (Å²) in [6, 6.07) is 0. The second-order valence-electron chi connectivity index (χ2n) is 3.48. The molecule has 1 spiro atoms. The predicted octanol–water partition coefficient (Wildman–Crippen LogP) is 0.875. The molecule has 0 bridgehead atoms. The molecule has 2 rings (SSSR count). The van der Waals surface area contributed by atoms with E-state index in [4.69, 9.17) is 9.47 Å². The standard InChI is InChI=1S/C8H14BrNO2/c1-11-8(12-2)3-4-10-7(8)5-6(7)9/h6,10H,3-5H2,1-2H3. The summed E-state index contributed by atoms with van der Waals surface area (Å²) in [7, 11) is 3.44. The summed E-state index contributed by atoms with van der Waals surface area (Å²) in [6.07, 6.45) is 2.02. The van der Waals surface area contributed by atoms with Crippen molar-refractivity contribution in [1.82, 2.24) is 5.32 Å². The van der Waals surface area contributed by atoms with Gasteiger partial charge >= 0.3 is 0 Å². The van der Waals surface area contributed by atoms with Crippen LogP contribution in [0.4, 0.5) is 0 Å². The number of alkyl halides is 1. The minimum Gasteiger partial charge on any atom is -0.351 e. The molecule has 0 amide bonds. The molecule has 2 atom stereocenters. The number of nitrogens with one attached hydrogen (secondary N) is 1. The van der Waals surface area contributed by atoms with Gasteiger partial charge < -0.3 is 14.8 Å². The molecule has 1 saturated heterocycles. The highest BCUT2D eigenvalue weighted by atomic mass is 79.9. The van der Waals surface area contributed by atoms with Gasteiger partial charge in [0.25, 0.3) is 0 Å². The van der Waals surface area contributed by atoms with Gasteiger partial charge in [0.2, 0.25) is 0 Å². The van der Waals surface area contributed by atoms with Crippen molar-refractivity contribution in [3.63, 3.8) is 0 Å². The Morgan fingerprint density at radius 1 is 1.42 bits per heavy atom. The van der Waals surface area contributed by atoms with E-state index in [2.05, 4.69) is 21.2 Å². The molecular formula is C8H14BrNO2. The minimum absolute atomic E-state index is 0.0382. The maximum atomic E-state index is 5.48. The minimum atomic E-state index is -0.402. The number of ether oxygens (including phenoxy) is 2. The second kappa shape index (κ2) is 2.67. The van der Waals surface area contributed by atoms with Crippen molar-refractivity contribution in [3.8, 4) is 0 Å². The molecule has 2 fully saturated rings. The summed E-state index contributed by atoms with van der Waals surface area (Å²) < 4.78 is 11.0. The molecule has 0 aromatic rings. The average Bonchev–Trinajstić information content (AvgIpc) is 2.62. The zero-order chi connectivity index (χ0) is 8.82. The summed E-state index contributed by atoms with van der Waals surface area (Å²) in [4.78, 5) is 0.493. The molecule has 12 heavy (non-hydrogen) atoms. The third kappa shape index (κ3) is 0.867. The molecule has 2 unspecified atom stereocenters. The Labute approximate surface area is 80.9 Å². The first-order valence-corrected chi connectivity index (χ1v) is 5.12. The molecule has 1 aliphatic heterocycles. The van der Waals surface area contributed by atoms with Crippen molar-refractivity contribution < 1.29 is 9.47 Å². The molecule has 2 aliphatic rings. The monoisotopic (exact) mass is 235 g/mol. The zero-order valence-electron chi connectivity index (χ0n) is 7.39. The maximum absolute atomic E-state index is 5.48. The van der Waals surface area contributed by atoms with Crippen LogP contribution in [0.5, 0.6) is 0 Å². The summed E-state index contributed by atoms with van der Waals surface area (Å²) in [6.45, 7) is 0.976. The summed E-state index contributed by atoms with van der Waals surface area (Å²) in [5.74, 6) is -0.402. The fourth-order valence-corrected chi connectivity index (χ4v) is 3.28. The third-order valence-electron chi connectivity index (χ3n) is 3.11. The van der Waals surface area contributed by atoms with Crippen molar-refractivity contribution in [2.24, 2.45) is 0 Å². The van der Waals surface area contributed by atoms with Gasteiger partial charge in [-0.3, -0.25) is 0 Å². The highest BCUT2D eigenvalue weighted by Gasteiger charge is 2.69. The number of hydrogen-bond donors (Lipinski definition) is 1. The van der Waals surface area contributed by atoms with Crippen LogP contribution in [0.2, 0.25) is 0 Å². The van der Waals surface area contributed by atoms with Gasteiger partial charge in [-0.1, -0.05) is 15.9 Å². The lowest BCUT2D eigenvalue weighted by molar-refractivity contribution is -0.217. The lowest BCUT2D eigenvalue weighted by Crippen LogP contribution is -2.50. The van der Waals surface area contributed by atoms with E-state index in [1.165, 1.54) is 0 Å². The van der Waals surface area contributed by atoms with Crippen LogP contribution in [0, 0.1) is 0 Å². The van der Waals surface area contributed by atoms with Crippen LogP contribution in [0.3, 0.4) is 0 Å². The van der Waals surface area contributed by atoms with E-state index >= 15 is 0 Å². The van der Waals surface area contributed by atoms with E-state index in [1.807, 2.05) is 0 Å². The van der Waals surface area contributed by atoms with Gasteiger partial charge in [0.1, 0.15) is 0 Å². The Kier molecular flexibility index (Phi) is 1.99. The normalized spacial score (nSPS) is 43.8. The van der Waals surface area contributed by atoms with Crippen LogP contribution in [0.25, 0.3) is 0 Å². The molecule has 1 aliphatic carbocycles. The van der Waals surface area contributed by atoms with E-state index in [1.54, 1.807) is 14.2 Å². The Hall–Kier alpha value is 0.360. The Morgan fingerprint density at radius 2 is 2.00 bits per heavy atom. The average molecular weight is 236 g/mol. The van der Waals surface area contributed by atoms with Crippen molar-refractivity contribution >= 4 is 15.9 Å². The number of methoxy groups -OCH3 is 2. The van der Waals surface area contributed by atoms with Crippen LogP contribution in [-0.2, 0) is 9.47 Å². The molecule has 0 aromatic carbocycles. The Bertz CT molecular complexity index is 195. The number of hydrogen-bond acceptors (Lipinski definition) is 3. The zero-order valence-corrected chi connectivity index (χ0v) is 8.98. The van der Waals surface area contributed by atoms with Gasteiger partial charge in [0.15, 0.2) is 5.79 Å². The van der Waals surface area contributed by atoms with Gasteiger partial charge in [-0.25, -0.2) is 0 Å². The van der Waals surface area contributed by atoms with Crippen LogP contribution in [0.1, 0.15) is 12.8 Å². The highest BCUT2D eigenvalue weighted by Crippen LogP contribution is 2.55. The maximum Gasteiger partial charge on any atom is 0.188 e. The number of halogens is 1. The molecule has 1 saturated carbocycles. The van der Waals surface area contributed by atoms with E-state index < -0.39 is 5.79 Å². The first kappa shape index (κ1) is 8.94. The molecule has 0 radical (unpaired) electrons. The molecule has 1 heterocycles. The van der Waals surface area contributed by atoms with Crippen molar-refractivity contribution in [3.05, 3.63) is 0 Å². The molecule has 70 valence electrons. The fraction of sp³-hybridized carbons (Fsp3) is 1.00. The molecule has 1 N–H and O–H groups in total. The van der Waals surface area contributed by atoms with Gasteiger partial charge in [0, 0.05) is 32.0 Å².